The Hall–Kier alpha value is -1.34. The van der Waals surface area contributed by atoms with Crippen LogP contribution in [0.3, 0.4) is 0 Å². The number of rotatable bonds is 16. The van der Waals surface area contributed by atoms with Gasteiger partial charge in [-0.25, -0.2) is 0 Å². The number of fused-ring (bicyclic) bond motifs is 1. The summed E-state index contributed by atoms with van der Waals surface area (Å²) in [5, 5.41) is 12.9. The fourth-order valence-corrected chi connectivity index (χ4v) is 4.11. The van der Waals surface area contributed by atoms with Gasteiger partial charge in [-0.3, -0.25) is 0 Å². The van der Waals surface area contributed by atoms with Crippen LogP contribution in [0, 0.1) is 0 Å². The van der Waals surface area contributed by atoms with Crippen molar-refractivity contribution in [2.75, 3.05) is 0 Å². The zero-order valence-corrected chi connectivity index (χ0v) is 18.2. The Balaban J connectivity index is 1.43. The fourth-order valence-electron chi connectivity index (χ4n) is 4.11. The van der Waals surface area contributed by atoms with Crippen LogP contribution in [0.2, 0.25) is 0 Å². The molecule has 0 saturated heterocycles. The van der Waals surface area contributed by atoms with E-state index in [1.54, 1.807) is 0 Å². The van der Waals surface area contributed by atoms with Crippen molar-refractivity contribution in [3.8, 4) is 0 Å². The summed E-state index contributed by atoms with van der Waals surface area (Å²) in [7, 11) is 0. The number of benzene rings is 2. The van der Waals surface area contributed by atoms with E-state index in [9.17, 15) is 5.11 Å². The van der Waals surface area contributed by atoms with E-state index in [-0.39, 0.29) is 6.10 Å². The van der Waals surface area contributed by atoms with E-state index in [1.807, 2.05) is 0 Å². The van der Waals surface area contributed by atoms with E-state index in [4.69, 9.17) is 0 Å². The van der Waals surface area contributed by atoms with E-state index >= 15 is 0 Å². The molecule has 0 aliphatic rings. The molecule has 1 N–H and O–H groups in total. The maximum Gasteiger partial charge on any atom is 0.0790 e. The minimum atomic E-state index is -0.318. The van der Waals surface area contributed by atoms with Crippen LogP contribution in [0.4, 0.5) is 0 Å². The summed E-state index contributed by atoms with van der Waals surface area (Å²) in [6, 6.07) is 14.7. The summed E-state index contributed by atoms with van der Waals surface area (Å²) >= 11 is 0. The molecule has 0 aliphatic carbocycles. The molecule has 0 spiro atoms. The molecule has 2 aromatic carbocycles. The van der Waals surface area contributed by atoms with Gasteiger partial charge in [0.1, 0.15) is 0 Å². The molecule has 0 radical (unpaired) electrons. The average molecular weight is 383 g/mol. The van der Waals surface area contributed by atoms with E-state index in [0.717, 1.165) is 18.4 Å². The van der Waals surface area contributed by atoms with Gasteiger partial charge in [0.25, 0.3) is 0 Å². The van der Waals surface area contributed by atoms with Crippen molar-refractivity contribution in [2.24, 2.45) is 0 Å². The first-order chi connectivity index (χ1) is 13.8. The minimum absolute atomic E-state index is 0.318. The standard InChI is InChI=1S/C27H42O/c1-2-3-4-5-6-7-8-9-10-11-12-13-14-15-20-27(28)26-22-21-24-18-16-17-19-25(24)23-26/h16-19,21-23,27-28H,2-15,20H2,1H3/t27-/m0/s1. The second-order valence-corrected chi connectivity index (χ2v) is 8.51. The molecule has 0 heterocycles. The maximum absolute atomic E-state index is 10.5. The van der Waals surface area contributed by atoms with Gasteiger partial charge >= 0.3 is 0 Å². The predicted octanol–water partition coefficient (Wildman–Crippen LogP) is 8.74. The summed E-state index contributed by atoms with van der Waals surface area (Å²) in [6.45, 7) is 2.28. The van der Waals surface area contributed by atoms with E-state index in [1.165, 1.54) is 94.2 Å². The highest BCUT2D eigenvalue weighted by molar-refractivity contribution is 5.83. The first-order valence-electron chi connectivity index (χ1n) is 12.0. The van der Waals surface area contributed by atoms with Gasteiger partial charge in [0.15, 0.2) is 0 Å². The second kappa shape index (κ2) is 14.6. The Bertz CT molecular complexity index is 633. The third-order valence-electron chi connectivity index (χ3n) is 5.99. The summed E-state index contributed by atoms with van der Waals surface area (Å²) in [4.78, 5) is 0. The molecule has 28 heavy (non-hydrogen) atoms. The molecule has 0 fully saturated rings. The summed E-state index contributed by atoms with van der Waals surface area (Å²) < 4.78 is 0. The van der Waals surface area contributed by atoms with Crippen LogP contribution in [-0.2, 0) is 0 Å². The Morgan fingerprint density at radius 1 is 0.607 bits per heavy atom. The van der Waals surface area contributed by atoms with Crippen molar-refractivity contribution in [1.82, 2.24) is 0 Å². The van der Waals surface area contributed by atoms with Gasteiger partial charge in [-0.1, -0.05) is 133 Å². The Labute approximate surface area is 173 Å². The molecule has 0 bridgehead atoms. The van der Waals surface area contributed by atoms with Crippen LogP contribution in [0.1, 0.15) is 115 Å². The molecule has 0 unspecified atom stereocenters. The third kappa shape index (κ3) is 9.24. The molecule has 0 aliphatic heterocycles. The van der Waals surface area contributed by atoms with Gasteiger partial charge in [-0.15, -0.1) is 0 Å². The van der Waals surface area contributed by atoms with Gasteiger partial charge in [0.2, 0.25) is 0 Å². The van der Waals surface area contributed by atoms with Crippen LogP contribution < -0.4 is 0 Å². The topological polar surface area (TPSA) is 20.2 Å². The Morgan fingerprint density at radius 2 is 1.11 bits per heavy atom. The number of unbranched alkanes of at least 4 members (excludes halogenated alkanes) is 13. The van der Waals surface area contributed by atoms with Gasteiger partial charge in [0, 0.05) is 0 Å². The second-order valence-electron chi connectivity index (χ2n) is 8.51. The molecule has 2 aromatic rings. The average Bonchev–Trinajstić information content (AvgIpc) is 2.73. The largest absolute Gasteiger partial charge is 0.388 e. The van der Waals surface area contributed by atoms with Crippen LogP contribution in [0.5, 0.6) is 0 Å². The first-order valence-corrected chi connectivity index (χ1v) is 12.0. The molecule has 0 saturated carbocycles. The van der Waals surface area contributed by atoms with Gasteiger partial charge in [0.05, 0.1) is 6.10 Å². The number of aliphatic hydroxyl groups excluding tert-OH is 1. The molecule has 0 amide bonds. The molecule has 1 heteroatoms. The van der Waals surface area contributed by atoms with Crippen LogP contribution in [-0.4, -0.2) is 5.11 Å². The number of hydrogen-bond donors (Lipinski definition) is 1. The summed E-state index contributed by atoms with van der Waals surface area (Å²) in [5.74, 6) is 0. The fraction of sp³-hybridized carbons (Fsp3) is 0.630. The quantitative estimate of drug-likeness (QED) is 0.288. The maximum atomic E-state index is 10.5. The van der Waals surface area contributed by atoms with Crippen LogP contribution in [0.25, 0.3) is 10.8 Å². The van der Waals surface area contributed by atoms with E-state index in [0.29, 0.717) is 0 Å². The zero-order valence-electron chi connectivity index (χ0n) is 18.2. The van der Waals surface area contributed by atoms with Crippen LogP contribution >= 0.6 is 0 Å². The molecule has 2 rings (SSSR count). The van der Waals surface area contributed by atoms with Gasteiger partial charge in [-0.05, 0) is 28.8 Å². The normalized spacial score (nSPS) is 12.5. The van der Waals surface area contributed by atoms with Crippen molar-refractivity contribution in [2.45, 2.75) is 109 Å². The molecule has 156 valence electrons. The van der Waals surface area contributed by atoms with E-state index < -0.39 is 0 Å². The van der Waals surface area contributed by atoms with Crippen molar-refractivity contribution in [1.29, 1.82) is 0 Å². The van der Waals surface area contributed by atoms with Crippen molar-refractivity contribution in [3.05, 3.63) is 48.0 Å². The smallest absolute Gasteiger partial charge is 0.0790 e. The highest BCUT2D eigenvalue weighted by Crippen LogP contribution is 2.24. The lowest BCUT2D eigenvalue weighted by Gasteiger charge is -2.12. The number of aliphatic hydroxyl groups is 1. The van der Waals surface area contributed by atoms with Crippen molar-refractivity contribution >= 4 is 10.8 Å². The van der Waals surface area contributed by atoms with Crippen molar-refractivity contribution in [3.63, 3.8) is 0 Å². The Kier molecular flexibility index (Phi) is 12.0. The number of hydrogen-bond acceptors (Lipinski definition) is 1. The molecular weight excluding hydrogens is 340 g/mol. The first kappa shape index (κ1) is 22.9. The van der Waals surface area contributed by atoms with Gasteiger partial charge < -0.3 is 5.11 Å². The third-order valence-corrected chi connectivity index (χ3v) is 5.99. The Morgan fingerprint density at radius 3 is 1.68 bits per heavy atom. The lowest BCUT2D eigenvalue weighted by molar-refractivity contribution is 0.163. The van der Waals surface area contributed by atoms with Crippen LogP contribution in [0.15, 0.2) is 42.5 Å². The monoisotopic (exact) mass is 382 g/mol. The predicted molar refractivity (Wildman–Crippen MR) is 124 cm³/mol. The highest BCUT2D eigenvalue weighted by atomic mass is 16.3. The lowest BCUT2D eigenvalue weighted by Crippen LogP contribution is -1.97. The van der Waals surface area contributed by atoms with Crippen molar-refractivity contribution < 1.29 is 5.11 Å². The minimum Gasteiger partial charge on any atom is -0.388 e. The van der Waals surface area contributed by atoms with E-state index in [2.05, 4.69) is 49.4 Å². The zero-order chi connectivity index (χ0) is 19.9. The molecule has 1 atom stereocenters. The SMILES string of the molecule is CCCCCCCCCCCCCCCC[C@H](O)c1ccc2ccccc2c1. The molecule has 0 aromatic heterocycles. The molecular formula is C27H42O. The van der Waals surface area contributed by atoms with Gasteiger partial charge in [-0.2, -0.15) is 0 Å². The highest BCUT2D eigenvalue weighted by Gasteiger charge is 2.07. The summed E-state index contributed by atoms with van der Waals surface area (Å²) in [5.41, 5.74) is 1.06. The lowest BCUT2D eigenvalue weighted by atomic mass is 9.99. The summed E-state index contributed by atoms with van der Waals surface area (Å²) in [6.07, 6.45) is 19.8. The molecule has 1 nitrogen and oxygen atoms in total.